The highest BCUT2D eigenvalue weighted by molar-refractivity contribution is 7.89. The lowest BCUT2D eigenvalue weighted by atomic mass is 10.1. The summed E-state index contributed by atoms with van der Waals surface area (Å²) in [5, 5.41) is 12.9. The minimum absolute atomic E-state index is 0.0133. The van der Waals surface area contributed by atoms with Crippen LogP contribution in [0.15, 0.2) is 65.6 Å². The van der Waals surface area contributed by atoms with Crippen LogP contribution in [0.1, 0.15) is 10.4 Å². The molecule has 1 N–H and O–H groups in total. The summed E-state index contributed by atoms with van der Waals surface area (Å²) >= 11 is 0. The van der Waals surface area contributed by atoms with Gasteiger partial charge in [-0.3, -0.25) is 0 Å². The van der Waals surface area contributed by atoms with Crippen molar-refractivity contribution < 1.29 is 27.4 Å². The molecule has 0 radical (unpaired) electrons. The van der Waals surface area contributed by atoms with Crippen molar-refractivity contribution in [3.05, 3.63) is 72.0 Å². The molecule has 27 heavy (non-hydrogen) atoms. The summed E-state index contributed by atoms with van der Waals surface area (Å²) in [6.07, 6.45) is 0. The van der Waals surface area contributed by atoms with Crippen LogP contribution >= 0.6 is 0 Å². The summed E-state index contributed by atoms with van der Waals surface area (Å²) < 4.78 is 45.9. The highest BCUT2D eigenvalue weighted by atomic mass is 32.2. The van der Waals surface area contributed by atoms with Crippen LogP contribution in [0.3, 0.4) is 0 Å². The number of carboxylic acid groups (broad SMARTS) is 1. The summed E-state index contributed by atoms with van der Waals surface area (Å²) in [4.78, 5) is 10.1. The standard InChI is InChI=1S/C19H16FNO5S/c20-17-8-6-15(19(22)23)12-18(17)27(24,25)21-9-10-26-16-7-5-13-3-1-2-4-14(13)11-16/h1-8,11-12,21H,9-10H2,(H,22,23)/p-1. The van der Waals surface area contributed by atoms with E-state index in [-0.39, 0.29) is 13.2 Å². The van der Waals surface area contributed by atoms with Crippen LogP contribution in [-0.2, 0) is 10.0 Å². The maximum atomic E-state index is 13.8. The highest BCUT2D eigenvalue weighted by Crippen LogP contribution is 2.20. The SMILES string of the molecule is O=C([O-])c1ccc(F)c(S(=O)(=O)NCCOc2ccc3ccccc3c2)c1. The second-order valence-electron chi connectivity index (χ2n) is 5.69. The molecule has 0 saturated heterocycles. The van der Waals surface area contributed by atoms with Gasteiger partial charge in [0, 0.05) is 6.54 Å². The van der Waals surface area contributed by atoms with Gasteiger partial charge in [0.2, 0.25) is 10.0 Å². The van der Waals surface area contributed by atoms with E-state index in [1.165, 1.54) is 0 Å². The predicted octanol–water partition coefficient (Wildman–Crippen LogP) is 1.70. The number of nitrogens with one attached hydrogen (secondary N) is 1. The third-order valence-corrected chi connectivity index (χ3v) is 5.32. The number of rotatable bonds is 7. The molecule has 0 amide bonds. The van der Waals surface area contributed by atoms with E-state index in [2.05, 4.69) is 4.72 Å². The number of aromatic carboxylic acids is 1. The van der Waals surface area contributed by atoms with Crippen molar-refractivity contribution in [1.29, 1.82) is 0 Å². The van der Waals surface area contributed by atoms with Gasteiger partial charge in [-0.15, -0.1) is 0 Å². The zero-order valence-electron chi connectivity index (χ0n) is 14.0. The molecule has 6 nitrogen and oxygen atoms in total. The van der Waals surface area contributed by atoms with Gasteiger partial charge in [-0.2, -0.15) is 0 Å². The van der Waals surface area contributed by atoms with E-state index in [1.807, 2.05) is 36.4 Å². The Morgan fingerprint density at radius 3 is 2.52 bits per heavy atom. The highest BCUT2D eigenvalue weighted by Gasteiger charge is 2.19. The second-order valence-corrected chi connectivity index (χ2v) is 7.42. The fraction of sp³-hybridized carbons (Fsp3) is 0.105. The summed E-state index contributed by atoms with van der Waals surface area (Å²) in [6.45, 7) is -0.108. The minimum Gasteiger partial charge on any atom is -0.545 e. The molecule has 3 aromatic carbocycles. The smallest absolute Gasteiger partial charge is 0.243 e. The molecule has 0 fully saturated rings. The average molecular weight is 388 g/mol. The third-order valence-electron chi connectivity index (χ3n) is 3.84. The zero-order chi connectivity index (χ0) is 19.4. The Hall–Kier alpha value is -2.97. The van der Waals surface area contributed by atoms with Gasteiger partial charge in [0.1, 0.15) is 23.1 Å². The summed E-state index contributed by atoms with van der Waals surface area (Å²) in [6, 6.07) is 15.6. The molecule has 0 aliphatic heterocycles. The molecule has 0 spiro atoms. The number of carbonyl (C=O) groups excluding carboxylic acids is 1. The van der Waals surface area contributed by atoms with Gasteiger partial charge in [-0.05, 0) is 40.6 Å². The fourth-order valence-corrected chi connectivity index (χ4v) is 3.63. The van der Waals surface area contributed by atoms with Crippen molar-refractivity contribution in [2.24, 2.45) is 0 Å². The number of hydrogen-bond acceptors (Lipinski definition) is 5. The number of hydrogen-bond donors (Lipinski definition) is 1. The lowest BCUT2D eigenvalue weighted by molar-refractivity contribution is -0.255. The van der Waals surface area contributed by atoms with Gasteiger partial charge in [-0.1, -0.05) is 36.4 Å². The number of carboxylic acids is 1. The Morgan fingerprint density at radius 2 is 1.78 bits per heavy atom. The molecule has 0 unspecified atom stereocenters. The molecule has 0 aliphatic carbocycles. The largest absolute Gasteiger partial charge is 0.545 e. The molecular formula is C19H15FNO5S-. The summed E-state index contributed by atoms with van der Waals surface area (Å²) in [7, 11) is -4.23. The first-order valence-corrected chi connectivity index (χ1v) is 9.47. The van der Waals surface area contributed by atoms with E-state index in [1.54, 1.807) is 6.07 Å². The molecule has 8 heteroatoms. The summed E-state index contributed by atoms with van der Waals surface area (Å²) in [5.41, 5.74) is -0.427. The average Bonchev–Trinajstić information content (AvgIpc) is 2.65. The first-order chi connectivity index (χ1) is 12.9. The Morgan fingerprint density at radius 1 is 1.04 bits per heavy atom. The van der Waals surface area contributed by atoms with E-state index in [4.69, 9.17) is 4.74 Å². The number of fused-ring (bicyclic) bond motifs is 1. The lowest BCUT2D eigenvalue weighted by Crippen LogP contribution is -2.29. The molecule has 0 aromatic heterocycles. The Bertz CT molecular complexity index is 1100. The van der Waals surface area contributed by atoms with Gasteiger partial charge < -0.3 is 14.6 Å². The summed E-state index contributed by atoms with van der Waals surface area (Å²) in [5.74, 6) is -2.08. The molecule has 0 bridgehead atoms. The first kappa shape index (κ1) is 18.8. The first-order valence-electron chi connectivity index (χ1n) is 7.99. The number of carbonyl (C=O) groups is 1. The predicted molar refractivity (Wildman–Crippen MR) is 95.4 cm³/mol. The second kappa shape index (κ2) is 7.73. The van der Waals surface area contributed by atoms with Crippen LogP contribution in [0, 0.1) is 5.82 Å². The third kappa shape index (κ3) is 4.42. The molecule has 0 atom stereocenters. The van der Waals surface area contributed by atoms with E-state index < -0.39 is 32.3 Å². The van der Waals surface area contributed by atoms with Gasteiger partial charge in [-0.25, -0.2) is 17.5 Å². The van der Waals surface area contributed by atoms with Crippen LogP contribution < -0.4 is 14.6 Å². The van der Waals surface area contributed by atoms with Crippen molar-refractivity contribution in [3.63, 3.8) is 0 Å². The topological polar surface area (TPSA) is 95.5 Å². The van der Waals surface area contributed by atoms with Gasteiger partial charge in [0.15, 0.2) is 0 Å². The number of halogens is 1. The fourth-order valence-electron chi connectivity index (χ4n) is 2.52. The maximum Gasteiger partial charge on any atom is 0.243 e. The van der Waals surface area contributed by atoms with E-state index >= 15 is 0 Å². The normalized spacial score (nSPS) is 11.4. The lowest BCUT2D eigenvalue weighted by Gasteiger charge is -2.11. The Kier molecular flexibility index (Phi) is 5.38. The molecule has 3 rings (SSSR count). The van der Waals surface area contributed by atoms with E-state index in [0.29, 0.717) is 5.75 Å². The molecule has 0 heterocycles. The van der Waals surface area contributed by atoms with Crippen molar-refractivity contribution >= 4 is 26.8 Å². The van der Waals surface area contributed by atoms with E-state index in [9.17, 15) is 22.7 Å². The van der Waals surface area contributed by atoms with Crippen LogP contribution in [0.2, 0.25) is 0 Å². The minimum atomic E-state index is -4.23. The quantitative estimate of drug-likeness (QED) is 0.622. The zero-order valence-corrected chi connectivity index (χ0v) is 14.8. The van der Waals surface area contributed by atoms with Crippen LogP contribution in [-0.4, -0.2) is 27.5 Å². The van der Waals surface area contributed by atoms with Crippen LogP contribution in [0.5, 0.6) is 5.75 Å². The van der Waals surface area contributed by atoms with Gasteiger partial charge in [0.25, 0.3) is 0 Å². The molecule has 0 saturated carbocycles. The number of sulfonamides is 1. The Labute approximate surface area is 155 Å². The van der Waals surface area contributed by atoms with Crippen molar-refractivity contribution in [3.8, 4) is 5.75 Å². The molecule has 140 valence electrons. The van der Waals surface area contributed by atoms with Crippen molar-refractivity contribution in [2.45, 2.75) is 4.90 Å². The van der Waals surface area contributed by atoms with E-state index in [0.717, 1.165) is 29.0 Å². The van der Waals surface area contributed by atoms with Crippen molar-refractivity contribution in [2.75, 3.05) is 13.2 Å². The van der Waals surface area contributed by atoms with Crippen molar-refractivity contribution in [1.82, 2.24) is 4.72 Å². The monoisotopic (exact) mass is 388 g/mol. The number of ether oxygens (including phenoxy) is 1. The Balaban J connectivity index is 1.63. The maximum absolute atomic E-state index is 13.8. The molecule has 0 aliphatic rings. The molecule has 3 aromatic rings. The molecular weight excluding hydrogens is 373 g/mol. The number of benzene rings is 3. The van der Waals surface area contributed by atoms with Crippen LogP contribution in [0.4, 0.5) is 4.39 Å². The van der Waals surface area contributed by atoms with Gasteiger partial charge in [0.05, 0.1) is 5.97 Å². The van der Waals surface area contributed by atoms with Crippen LogP contribution in [0.25, 0.3) is 10.8 Å². The van der Waals surface area contributed by atoms with Gasteiger partial charge >= 0.3 is 0 Å².